The van der Waals surface area contributed by atoms with Crippen molar-refractivity contribution in [2.75, 3.05) is 0 Å². The molecular weight excluding hydrogens is 961 g/mol. The summed E-state index contributed by atoms with van der Waals surface area (Å²) in [7, 11) is 0. The summed E-state index contributed by atoms with van der Waals surface area (Å²) in [5.74, 6) is 0. The van der Waals surface area contributed by atoms with E-state index >= 15 is 0 Å². The molecule has 18 rings (SSSR count). The summed E-state index contributed by atoms with van der Waals surface area (Å²) in [6.07, 6.45) is 17.2. The molecule has 72 heavy (non-hydrogen) atoms. The lowest BCUT2D eigenvalue weighted by atomic mass is 9.98. The second-order valence-electron chi connectivity index (χ2n) is 18.8. The molecule has 12 heteroatoms. The van der Waals surface area contributed by atoms with E-state index < -0.39 is 0 Å². The van der Waals surface area contributed by atoms with Gasteiger partial charge in [0.05, 0.1) is 45.6 Å². The Morgan fingerprint density at radius 2 is 0.528 bits per heavy atom. The van der Waals surface area contributed by atoms with Crippen molar-refractivity contribution >= 4 is 138 Å². The topological polar surface area (TPSA) is 115 Å². The molecule has 0 fully saturated rings. The number of hydrogen-bond acceptors (Lipinski definition) is 8. The fraction of sp³-hybridized carbons (Fsp3) is 0.0667. The average molecular weight is 1000 g/mol. The molecule has 8 aliphatic heterocycles. The molecule has 18 heterocycles. The minimum absolute atomic E-state index is 0.872. The first-order valence-corrected chi connectivity index (χ1v) is 27.1. The molecular formula is C60H40N8S4. The van der Waals surface area contributed by atoms with Gasteiger partial charge in [-0.3, -0.25) is 0 Å². The molecule has 0 saturated carbocycles. The number of rotatable bonds is 0. The van der Waals surface area contributed by atoms with Gasteiger partial charge in [0.1, 0.15) is 0 Å². The van der Waals surface area contributed by atoms with E-state index in [-0.39, 0.29) is 0 Å². The average Bonchev–Trinajstić information content (AvgIpc) is 4.16. The fourth-order valence-electron chi connectivity index (χ4n) is 10.7. The monoisotopic (exact) mass is 1000 g/mol. The summed E-state index contributed by atoms with van der Waals surface area (Å²) in [6.45, 7) is 8.82. The first-order valence-electron chi connectivity index (χ1n) is 23.8. The third kappa shape index (κ3) is 6.81. The molecule has 0 radical (unpaired) electrons. The molecule has 10 aromatic heterocycles. The molecule has 0 aliphatic carbocycles. The van der Waals surface area contributed by atoms with Crippen LogP contribution in [0.2, 0.25) is 0 Å². The molecule has 0 amide bonds. The van der Waals surface area contributed by atoms with Crippen LogP contribution >= 0.6 is 45.3 Å². The van der Waals surface area contributed by atoms with Gasteiger partial charge in [-0.2, -0.15) is 0 Å². The normalized spacial score (nSPS) is 13.1. The van der Waals surface area contributed by atoms with Gasteiger partial charge in [-0.05, 0) is 173 Å². The van der Waals surface area contributed by atoms with Crippen LogP contribution in [-0.4, -0.2) is 39.9 Å². The molecule has 8 nitrogen and oxygen atoms in total. The van der Waals surface area contributed by atoms with Crippen molar-refractivity contribution in [3.63, 3.8) is 0 Å². The van der Waals surface area contributed by atoms with Crippen LogP contribution in [0.1, 0.15) is 65.1 Å². The van der Waals surface area contributed by atoms with Gasteiger partial charge in [-0.25, -0.2) is 19.9 Å². The van der Waals surface area contributed by atoms with Crippen LogP contribution in [0, 0.1) is 27.7 Å². The highest BCUT2D eigenvalue weighted by Crippen LogP contribution is 2.52. The van der Waals surface area contributed by atoms with Crippen LogP contribution < -0.4 is 0 Å². The Balaban J connectivity index is 1.14. The van der Waals surface area contributed by atoms with Crippen molar-refractivity contribution in [2.24, 2.45) is 0 Å². The highest BCUT2D eigenvalue weighted by molar-refractivity contribution is 7.18. The van der Waals surface area contributed by atoms with Gasteiger partial charge in [0.2, 0.25) is 0 Å². The highest BCUT2D eigenvalue weighted by atomic mass is 32.1. The number of H-pyrrole nitrogens is 4. The quantitative estimate of drug-likeness (QED) is 0.121. The fourth-order valence-corrected chi connectivity index (χ4v) is 15.1. The predicted octanol–water partition coefficient (Wildman–Crippen LogP) is 17.4. The lowest BCUT2D eigenvalue weighted by Crippen LogP contribution is -1.89. The zero-order chi connectivity index (χ0) is 47.9. The van der Waals surface area contributed by atoms with Crippen LogP contribution in [0.3, 0.4) is 0 Å². The zero-order valence-electron chi connectivity index (χ0n) is 39.3. The first-order chi connectivity index (χ1) is 35.2. The largest absolute Gasteiger partial charge is 0.355 e. The number of thiophene rings is 4. The maximum absolute atomic E-state index is 5.42. The minimum Gasteiger partial charge on any atom is -0.355 e. The molecule has 0 atom stereocenters. The Hall–Kier alpha value is -8.00. The third-order valence-corrected chi connectivity index (χ3v) is 18.0. The van der Waals surface area contributed by atoms with Crippen LogP contribution in [0.4, 0.5) is 0 Å². The SMILES string of the molecule is Cc1cc2c(s1)-c1c3nc(cc4ccc([nH]4)c(c4nc(cc5ccc1[nH]5)C=C4)-c1sc(C)cc1-c1cc(C)sc1-c1c4nc(cc5ccc([nH]5)c(c5nc(cc6ccc1[nH]6)C=C5)-c1sc(C)cc1-2)C=C4)C=C3. The van der Waals surface area contributed by atoms with Crippen molar-refractivity contribution in [3.8, 4) is 64.0 Å². The number of aromatic nitrogens is 8. The van der Waals surface area contributed by atoms with E-state index in [9.17, 15) is 0 Å². The van der Waals surface area contributed by atoms with Crippen molar-refractivity contribution in [2.45, 2.75) is 27.7 Å². The third-order valence-electron chi connectivity index (χ3n) is 13.7. The van der Waals surface area contributed by atoms with Gasteiger partial charge >= 0.3 is 0 Å². The molecule has 344 valence electrons. The van der Waals surface area contributed by atoms with Crippen molar-refractivity contribution in [1.29, 1.82) is 0 Å². The summed E-state index contributed by atoms with van der Waals surface area (Å²) in [6, 6.07) is 35.4. The van der Waals surface area contributed by atoms with Crippen molar-refractivity contribution < 1.29 is 0 Å². The molecule has 4 N–H and O–H groups in total. The van der Waals surface area contributed by atoms with Crippen molar-refractivity contribution in [1.82, 2.24) is 39.9 Å². The van der Waals surface area contributed by atoms with Gasteiger partial charge in [0.25, 0.3) is 0 Å². The Morgan fingerprint density at radius 1 is 0.292 bits per heavy atom. The lowest BCUT2D eigenvalue weighted by Gasteiger charge is -2.09. The Labute approximate surface area is 428 Å². The van der Waals surface area contributed by atoms with E-state index in [0.29, 0.717) is 0 Å². The van der Waals surface area contributed by atoms with Gasteiger partial charge in [-0.15, -0.1) is 45.3 Å². The Kier molecular flexibility index (Phi) is 9.13. The van der Waals surface area contributed by atoms with E-state index in [2.05, 4.69) is 193 Å². The first kappa shape index (κ1) is 41.8. The summed E-state index contributed by atoms with van der Waals surface area (Å²) in [4.78, 5) is 46.4. The van der Waals surface area contributed by atoms with Gasteiger partial charge in [0, 0.05) is 128 Å². The number of hydrogen-bond donors (Lipinski definition) is 4. The van der Waals surface area contributed by atoms with Crippen LogP contribution in [0.25, 0.3) is 157 Å². The van der Waals surface area contributed by atoms with E-state index in [1.807, 2.05) is 0 Å². The maximum atomic E-state index is 5.42. The molecule has 0 unspecified atom stereocenters. The second-order valence-corrected chi connectivity index (χ2v) is 23.8. The molecule has 0 spiro atoms. The van der Waals surface area contributed by atoms with E-state index in [4.69, 9.17) is 19.9 Å². The van der Waals surface area contributed by atoms with Crippen molar-refractivity contribution in [3.05, 3.63) is 162 Å². The highest BCUT2D eigenvalue weighted by Gasteiger charge is 2.27. The number of nitrogens with zero attached hydrogens (tertiary/aromatic N) is 4. The van der Waals surface area contributed by atoms with E-state index in [0.717, 1.165) is 154 Å². The Morgan fingerprint density at radius 3 is 0.764 bits per heavy atom. The standard InChI is InChI=1S/C60H40N8S4/c1-29-21-41-42-22-30(2)70-58(42)54-47-15-7-37(63-47)27-39-11-19-51(67-39)56(52-20-12-40(68-52)28-38-8-16-48(54)64-38)60-44(24-32(4)72-60)43-23-31(3)71-59(43)55-49-17-9-35(65-49)25-33-5-13-45(61-33)53(57(41)69-29)46-14-6-34(62-46)26-36-10-18-50(55)66-36/h5-28,61,63,66,68H,1-4H3. The molecule has 20 bridgehead atoms. The van der Waals surface area contributed by atoms with Gasteiger partial charge in [0.15, 0.2) is 0 Å². The van der Waals surface area contributed by atoms with E-state index in [1.54, 1.807) is 45.3 Å². The van der Waals surface area contributed by atoms with Gasteiger partial charge in [-0.1, -0.05) is 0 Å². The second kappa shape index (κ2) is 15.8. The molecule has 10 aromatic rings. The lowest BCUT2D eigenvalue weighted by molar-refractivity contribution is 1.31. The number of aromatic amines is 4. The predicted molar refractivity (Wildman–Crippen MR) is 308 cm³/mol. The van der Waals surface area contributed by atoms with Crippen LogP contribution in [0.5, 0.6) is 0 Å². The molecule has 0 saturated heterocycles. The minimum atomic E-state index is 0.872. The summed E-state index contributed by atoms with van der Waals surface area (Å²) in [5, 5.41) is 0. The zero-order valence-corrected chi connectivity index (χ0v) is 42.5. The smallest absolute Gasteiger partial charge is 0.0745 e. The molecule has 0 aromatic carbocycles. The van der Waals surface area contributed by atoms with Crippen LogP contribution in [0.15, 0.2) is 97.1 Å². The van der Waals surface area contributed by atoms with Crippen LogP contribution in [-0.2, 0) is 0 Å². The summed E-state index contributed by atoms with van der Waals surface area (Å²) < 4.78 is 0. The Bertz CT molecular complexity index is 3950. The summed E-state index contributed by atoms with van der Waals surface area (Å²) in [5.41, 5.74) is 23.6. The van der Waals surface area contributed by atoms with E-state index in [1.165, 1.54) is 19.5 Å². The molecule has 8 aliphatic rings. The maximum Gasteiger partial charge on any atom is 0.0745 e. The summed E-state index contributed by atoms with van der Waals surface area (Å²) >= 11 is 7.20. The number of nitrogens with one attached hydrogen (secondary N) is 4. The number of aryl methyl sites for hydroxylation is 4. The van der Waals surface area contributed by atoms with Gasteiger partial charge < -0.3 is 19.9 Å².